The van der Waals surface area contributed by atoms with Gasteiger partial charge in [0.05, 0.1) is 19.1 Å². The Morgan fingerprint density at radius 1 is 0.842 bits per heavy atom. The highest BCUT2D eigenvalue weighted by atomic mass is 35.5. The lowest BCUT2D eigenvalue weighted by Crippen LogP contribution is -3.13. The molecule has 1 aliphatic rings. The zero-order valence-corrected chi connectivity index (χ0v) is 14.1. The van der Waals surface area contributed by atoms with E-state index in [0.717, 1.165) is 6.04 Å². The average Bonchev–Trinajstić information content (AvgIpc) is 2.83. The average molecular weight is 290 g/mol. The fraction of sp³-hybridized carbons (Fsp3) is 1.00. The highest BCUT2D eigenvalue weighted by Crippen LogP contribution is 2.09. The van der Waals surface area contributed by atoms with Crippen LogP contribution in [0.3, 0.4) is 0 Å². The molecule has 116 valence electrons. The van der Waals surface area contributed by atoms with Gasteiger partial charge in [0, 0.05) is 12.8 Å². The second kappa shape index (κ2) is 13.2. The third kappa shape index (κ3) is 8.92. The van der Waals surface area contributed by atoms with E-state index in [1.807, 2.05) is 4.90 Å². The number of hydrogen-bond donors (Lipinski definition) is 1. The van der Waals surface area contributed by atoms with Crippen LogP contribution < -0.4 is 17.3 Å². The Labute approximate surface area is 127 Å². The van der Waals surface area contributed by atoms with Crippen molar-refractivity contribution in [3.05, 3.63) is 0 Å². The first kappa shape index (κ1) is 19.2. The van der Waals surface area contributed by atoms with E-state index < -0.39 is 0 Å². The van der Waals surface area contributed by atoms with Gasteiger partial charge >= 0.3 is 0 Å². The lowest BCUT2D eigenvalue weighted by atomic mass is 10.1. The number of nitrogens with one attached hydrogen (secondary N) is 1. The predicted octanol–water partition coefficient (Wildman–Crippen LogP) is 0.979. The molecule has 2 unspecified atom stereocenters. The monoisotopic (exact) mass is 289 g/mol. The number of unbranched alkanes of at least 4 members (excludes halogenated alkanes) is 7. The van der Waals surface area contributed by atoms with Gasteiger partial charge in [-0.2, -0.15) is 0 Å². The summed E-state index contributed by atoms with van der Waals surface area (Å²) < 4.78 is 0. The fourth-order valence-electron chi connectivity index (χ4n) is 3.42. The Hall–Kier alpha value is 0.250. The van der Waals surface area contributed by atoms with Crippen LogP contribution in [-0.2, 0) is 0 Å². The Kier molecular flexibility index (Phi) is 13.4. The number of quaternary nitrogens is 1. The van der Waals surface area contributed by atoms with E-state index in [-0.39, 0.29) is 12.4 Å². The maximum absolute atomic E-state index is 2.32. The molecule has 1 saturated heterocycles. The largest absolute Gasteiger partial charge is 1.00 e. The van der Waals surface area contributed by atoms with Crippen molar-refractivity contribution < 1.29 is 17.3 Å². The zero-order chi connectivity index (χ0) is 13.1. The van der Waals surface area contributed by atoms with E-state index in [9.17, 15) is 0 Å². The van der Waals surface area contributed by atoms with Crippen LogP contribution >= 0.6 is 0 Å². The first-order valence-corrected chi connectivity index (χ1v) is 8.73. The van der Waals surface area contributed by atoms with Crippen molar-refractivity contribution in [2.75, 3.05) is 13.1 Å². The SMILES string of the molecule is CCCCCCCCC[NH+]1CCCC1CCCC.[Cl-]. The summed E-state index contributed by atoms with van der Waals surface area (Å²) in [5.41, 5.74) is 0. The minimum atomic E-state index is 0. The maximum Gasteiger partial charge on any atom is 0.0876 e. The standard InChI is InChI=1S/C17H35N.ClH/c1-3-5-7-8-9-10-11-15-18-16-12-14-17(18)13-6-4-2;/h17H,3-16H2,1-2H3;1H. The zero-order valence-electron chi connectivity index (χ0n) is 13.4. The molecule has 0 aromatic carbocycles. The molecular formula is C17H36ClN. The molecule has 0 aromatic heterocycles. The molecule has 1 N–H and O–H groups in total. The molecule has 2 heteroatoms. The van der Waals surface area contributed by atoms with Crippen molar-refractivity contribution in [2.24, 2.45) is 0 Å². The molecule has 0 aliphatic carbocycles. The molecule has 1 fully saturated rings. The summed E-state index contributed by atoms with van der Waals surface area (Å²) in [7, 11) is 0. The molecule has 0 saturated carbocycles. The van der Waals surface area contributed by atoms with Gasteiger partial charge in [0.1, 0.15) is 0 Å². The number of likely N-dealkylation sites (tertiary alicyclic amines) is 1. The molecular weight excluding hydrogens is 254 g/mol. The molecule has 19 heavy (non-hydrogen) atoms. The van der Waals surface area contributed by atoms with E-state index in [0.29, 0.717) is 0 Å². The van der Waals surface area contributed by atoms with E-state index in [4.69, 9.17) is 0 Å². The molecule has 0 radical (unpaired) electrons. The molecule has 0 aromatic rings. The topological polar surface area (TPSA) is 4.44 Å². The Balaban J connectivity index is 0.00000324. The lowest BCUT2D eigenvalue weighted by Gasteiger charge is -2.21. The van der Waals surface area contributed by atoms with Crippen LogP contribution in [0.5, 0.6) is 0 Å². The first-order valence-electron chi connectivity index (χ1n) is 8.73. The van der Waals surface area contributed by atoms with Crippen LogP contribution in [0.25, 0.3) is 0 Å². The molecule has 2 atom stereocenters. The Morgan fingerprint density at radius 2 is 1.47 bits per heavy atom. The third-order valence-corrected chi connectivity index (χ3v) is 4.64. The Morgan fingerprint density at radius 3 is 2.16 bits per heavy atom. The van der Waals surface area contributed by atoms with Crippen molar-refractivity contribution in [1.82, 2.24) is 0 Å². The smallest absolute Gasteiger partial charge is 0.0876 e. The van der Waals surface area contributed by atoms with Gasteiger partial charge in [0.2, 0.25) is 0 Å². The van der Waals surface area contributed by atoms with Gasteiger partial charge in [-0.05, 0) is 25.7 Å². The summed E-state index contributed by atoms with van der Waals surface area (Å²) in [6, 6.07) is 1.02. The van der Waals surface area contributed by atoms with E-state index in [2.05, 4.69) is 13.8 Å². The van der Waals surface area contributed by atoms with E-state index in [1.165, 1.54) is 90.1 Å². The van der Waals surface area contributed by atoms with Gasteiger partial charge in [0.25, 0.3) is 0 Å². The summed E-state index contributed by atoms with van der Waals surface area (Å²) in [6.07, 6.45) is 17.5. The van der Waals surface area contributed by atoms with Crippen molar-refractivity contribution >= 4 is 0 Å². The third-order valence-electron chi connectivity index (χ3n) is 4.64. The second-order valence-corrected chi connectivity index (χ2v) is 6.26. The van der Waals surface area contributed by atoms with E-state index in [1.54, 1.807) is 0 Å². The van der Waals surface area contributed by atoms with Crippen molar-refractivity contribution in [3.8, 4) is 0 Å². The van der Waals surface area contributed by atoms with Gasteiger partial charge < -0.3 is 17.3 Å². The first-order chi connectivity index (χ1) is 8.88. The molecule has 0 bridgehead atoms. The van der Waals surface area contributed by atoms with Crippen LogP contribution in [0.1, 0.15) is 90.9 Å². The molecule has 1 heterocycles. The summed E-state index contributed by atoms with van der Waals surface area (Å²) in [4.78, 5) is 1.94. The summed E-state index contributed by atoms with van der Waals surface area (Å²) >= 11 is 0. The maximum atomic E-state index is 2.32. The van der Waals surface area contributed by atoms with Gasteiger partial charge in [-0.3, -0.25) is 0 Å². The molecule has 1 nitrogen and oxygen atoms in total. The second-order valence-electron chi connectivity index (χ2n) is 6.26. The molecule has 1 aliphatic heterocycles. The highest BCUT2D eigenvalue weighted by Gasteiger charge is 2.26. The van der Waals surface area contributed by atoms with Crippen LogP contribution in [0.2, 0.25) is 0 Å². The quantitative estimate of drug-likeness (QED) is 0.541. The predicted molar refractivity (Wildman–Crippen MR) is 81.2 cm³/mol. The van der Waals surface area contributed by atoms with Crippen LogP contribution in [0.15, 0.2) is 0 Å². The number of hydrogen-bond acceptors (Lipinski definition) is 0. The molecule has 1 rings (SSSR count). The van der Waals surface area contributed by atoms with Crippen LogP contribution in [-0.4, -0.2) is 19.1 Å². The number of halogens is 1. The lowest BCUT2D eigenvalue weighted by molar-refractivity contribution is -0.912. The van der Waals surface area contributed by atoms with Gasteiger partial charge in [-0.15, -0.1) is 0 Å². The fourth-order valence-corrected chi connectivity index (χ4v) is 3.42. The van der Waals surface area contributed by atoms with Gasteiger partial charge in [-0.1, -0.05) is 52.4 Å². The van der Waals surface area contributed by atoms with Gasteiger partial charge in [-0.25, -0.2) is 0 Å². The molecule has 0 amide bonds. The van der Waals surface area contributed by atoms with Crippen molar-refractivity contribution in [2.45, 2.75) is 96.9 Å². The highest BCUT2D eigenvalue weighted by molar-refractivity contribution is 4.62. The minimum Gasteiger partial charge on any atom is -1.00 e. The van der Waals surface area contributed by atoms with Crippen LogP contribution in [0, 0.1) is 0 Å². The molecule has 0 spiro atoms. The summed E-state index contributed by atoms with van der Waals surface area (Å²) in [5, 5.41) is 0. The summed E-state index contributed by atoms with van der Waals surface area (Å²) in [6.45, 7) is 7.55. The normalized spacial score (nSPS) is 22.4. The number of rotatable bonds is 11. The Bertz CT molecular complexity index is 184. The van der Waals surface area contributed by atoms with Crippen LogP contribution in [0.4, 0.5) is 0 Å². The van der Waals surface area contributed by atoms with Crippen molar-refractivity contribution in [1.29, 1.82) is 0 Å². The van der Waals surface area contributed by atoms with E-state index >= 15 is 0 Å². The van der Waals surface area contributed by atoms with Crippen molar-refractivity contribution in [3.63, 3.8) is 0 Å². The van der Waals surface area contributed by atoms with Gasteiger partial charge in [0.15, 0.2) is 0 Å². The summed E-state index contributed by atoms with van der Waals surface area (Å²) in [5.74, 6) is 0. The minimum absolute atomic E-state index is 0.